The van der Waals surface area contributed by atoms with Crippen molar-refractivity contribution in [2.75, 3.05) is 32.0 Å². The smallest absolute Gasteiger partial charge is 0.387 e. The summed E-state index contributed by atoms with van der Waals surface area (Å²) < 4.78 is 28.7. The molecule has 2 amide bonds. The Hall–Kier alpha value is -3.00. The van der Waals surface area contributed by atoms with E-state index >= 15 is 0 Å². The van der Waals surface area contributed by atoms with Crippen LogP contribution in [0.3, 0.4) is 0 Å². The molecule has 2 aromatic carbocycles. The highest BCUT2D eigenvalue weighted by Gasteiger charge is 2.15. The lowest BCUT2D eigenvalue weighted by molar-refractivity contribution is -0.885. The zero-order chi connectivity index (χ0) is 22.1. The number of nitrogens with one attached hydrogen (secondary N) is 2. The molecular formula is C22H28F2N3O3+. The van der Waals surface area contributed by atoms with Crippen LogP contribution in [0.1, 0.15) is 29.8 Å². The molecule has 1 atom stereocenters. The van der Waals surface area contributed by atoms with Crippen LogP contribution in [0.2, 0.25) is 0 Å². The molecule has 0 aliphatic rings. The van der Waals surface area contributed by atoms with Gasteiger partial charge in [0.05, 0.1) is 7.05 Å². The van der Waals surface area contributed by atoms with E-state index < -0.39 is 6.61 Å². The molecule has 6 nitrogen and oxygen atoms in total. The number of carbonyl (C=O) groups is 2. The number of rotatable bonds is 10. The summed E-state index contributed by atoms with van der Waals surface area (Å²) >= 11 is 0. The summed E-state index contributed by atoms with van der Waals surface area (Å²) in [5.74, 6) is -0.154. The molecule has 0 heterocycles. The van der Waals surface area contributed by atoms with Crippen LogP contribution in [0.4, 0.5) is 14.5 Å². The molecule has 0 radical (unpaired) electrons. The second kappa shape index (κ2) is 11.3. The number of hydrogen-bond donors (Lipinski definition) is 2. The Kier molecular flexibility index (Phi) is 8.73. The Morgan fingerprint density at radius 1 is 1.10 bits per heavy atom. The standard InChI is InChI=1S/C22H27F2N3O3/c1-4-27(5-2)21(29)17-7-6-8-18(13-17)25-20(28)15-26(3)14-16-9-11-19(12-10-16)30-22(23)24/h6-13,22H,4-5,14-15H2,1-3H3,(H,25,28)/p+1. The number of hydrogen-bond acceptors (Lipinski definition) is 3. The van der Waals surface area contributed by atoms with Crippen molar-refractivity contribution < 1.29 is 28.0 Å². The van der Waals surface area contributed by atoms with Crippen molar-refractivity contribution in [3.63, 3.8) is 0 Å². The minimum Gasteiger partial charge on any atom is -0.435 e. The molecule has 0 fully saturated rings. The average Bonchev–Trinajstić information content (AvgIpc) is 2.70. The molecule has 2 aromatic rings. The van der Waals surface area contributed by atoms with Crippen molar-refractivity contribution in [2.45, 2.75) is 27.0 Å². The second-order valence-corrected chi connectivity index (χ2v) is 6.94. The Balaban J connectivity index is 1.90. The molecule has 2 rings (SSSR count). The zero-order valence-electron chi connectivity index (χ0n) is 17.5. The van der Waals surface area contributed by atoms with Crippen LogP contribution >= 0.6 is 0 Å². The summed E-state index contributed by atoms with van der Waals surface area (Å²) in [6.07, 6.45) is 0. The topological polar surface area (TPSA) is 63.1 Å². The Bertz CT molecular complexity index is 840. The molecule has 0 aromatic heterocycles. The molecule has 30 heavy (non-hydrogen) atoms. The van der Waals surface area contributed by atoms with Gasteiger partial charge >= 0.3 is 6.61 Å². The van der Waals surface area contributed by atoms with Gasteiger partial charge in [-0.3, -0.25) is 9.59 Å². The summed E-state index contributed by atoms with van der Waals surface area (Å²) in [6.45, 7) is 2.99. The van der Waals surface area contributed by atoms with Crippen LogP contribution in [0, 0.1) is 0 Å². The maximum atomic E-state index is 12.5. The Morgan fingerprint density at radius 2 is 1.77 bits per heavy atom. The lowest BCUT2D eigenvalue weighted by Gasteiger charge is -2.19. The van der Waals surface area contributed by atoms with Crippen LogP contribution in [0.15, 0.2) is 48.5 Å². The van der Waals surface area contributed by atoms with Gasteiger partial charge in [0, 0.05) is 29.9 Å². The number of likely N-dealkylation sites (N-methyl/N-ethyl adjacent to an activating group) is 1. The van der Waals surface area contributed by atoms with Crippen LogP contribution in [-0.2, 0) is 11.3 Å². The minimum atomic E-state index is -2.85. The maximum Gasteiger partial charge on any atom is 0.387 e. The molecule has 0 bridgehead atoms. The van der Waals surface area contributed by atoms with E-state index in [1.54, 1.807) is 41.3 Å². The molecule has 0 spiro atoms. The number of quaternary nitrogens is 1. The van der Waals surface area contributed by atoms with E-state index in [0.29, 0.717) is 30.9 Å². The van der Waals surface area contributed by atoms with Gasteiger partial charge in [-0.25, -0.2) is 0 Å². The van der Waals surface area contributed by atoms with Crippen molar-refractivity contribution in [3.8, 4) is 5.75 Å². The highest BCUT2D eigenvalue weighted by Crippen LogP contribution is 2.15. The summed E-state index contributed by atoms with van der Waals surface area (Å²) in [7, 11) is 1.86. The number of alkyl halides is 2. The Labute approximate surface area is 175 Å². The van der Waals surface area contributed by atoms with Gasteiger partial charge in [-0.2, -0.15) is 8.78 Å². The number of benzene rings is 2. The maximum absolute atomic E-state index is 12.5. The summed E-state index contributed by atoms with van der Waals surface area (Å²) in [4.78, 5) is 27.5. The largest absolute Gasteiger partial charge is 0.435 e. The van der Waals surface area contributed by atoms with E-state index in [1.807, 2.05) is 20.9 Å². The molecule has 0 saturated carbocycles. The molecule has 0 saturated heterocycles. The van der Waals surface area contributed by atoms with Crippen molar-refractivity contribution in [1.82, 2.24) is 4.90 Å². The van der Waals surface area contributed by atoms with Gasteiger partial charge in [-0.15, -0.1) is 0 Å². The van der Waals surface area contributed by atoms with Crippen molar-refractivity contribution in [2.24, 2.45) is 0 Å². The first-order valence-electron chi connectivity index (χ1n) is 9.86. The number of ether oxygens (including phenoxy) is 1. The highest BCUT2D eigenvalue weighted by atomic mass is 19.3. The van der Waals surface area contributed by atoms with E-state index in [4.69, 9.17) is 0 Å². The molecular weight excluding hydrogens is 392 g/mol. The van der Waals surface area contributed by atoms with Crippen molar-refractivity contribution in [3.05, 3.63) is 59.7 Å². The van der Waals surface area contributed by atoms with E-state index in [9.17, 15) is 18.4 Å². The van der Waals surface area contributed by atoms with Crippen molar-refractivity contribution >= 4 is 17.5 Å². The fraction of sp³-hybridized carbons (Fsp3) is 0.364. The van der Waals surface area contributed by atoms with Gasteiger partial charge in [0.2, 0.25) is 0 Å². The van der Waals surface area contributed by atoms with E-state index in [-0.39, 0.29) is 24.1 Å². The highest BCUT2D eigenvalue weighted by molar-refractivity contribution is 5.97. The molecule has 1 unspecified atom stereocenters. The monoisotopic (exact) mass is 420 g/mol. The fourth-order valence-electron chi connectivity index (χ4n) is 3.10. The number of amides is 2. The van der Waals surface area contributed by atoms with Gasteiger partial charge in [0.1, 0.15) is 12.3 Å². The van der Waals surface area contributed by atoms with E-state index in [2.05, 4.69) is 10.1 Å². The van der Waals surface area contributed by atoms with E-state index in [0.717, 1.165) is 10.5 Å². The van der Waals surface area contributed by atoms with Crippen LogP contribution in [0.5, 0.6) is 5.75 Å². The minimum absolute atomic E-state index is 0.0712. The quantitative estimate of drug-likeness (QED) is 0.621. The first-order valence-corrected chi connectivity index (χ1v) is 9.86. The molecule has 2 N–H and O–H groups in total. The first-order chi connectivity index (χ1) is 14.3. The summed E-state index contributed by atoms with van der Waals surface area (Å²) in [6, 6.07) is 13.2. The number of carbonyl (C=O) groups excluding carboxylic acids is 2. The molecule has 0 aliphatic carbocycles. The van der Waals surface area contributed by atoms with Gasteiger partial charge in [-0.1, -0.05) is 6.07 Å². The predicted octanol–water partition coefficient (Wildman–Crippen LogP) is 2.42. The number of anilines is 1. The Morgan fingerprint density at radius 3 is 2.37 bits per heavy atom. The van der Waals surface area contributed by atoms with Crippen LogP contribution in [-0.4, -0.2) is 50.0 Å². The SMILES string of the molecule is CCN(CC)C(=O)c1cccc(NC(=O)C[NH+](C)Cc2ccc(OC(F)F)cc2)c1. The van der Waals surface area contributed by atoms with Crippen LogP contribution < -0.4 is 15.0 Å². The molecule has 0 aliphatic heterocycles. The lowest BCUT2D eigenvalue weighted by atomic mass is 10.1. The van der Waals surface area contributed by atoms with Gasteiger partial charge in [0.25, 0.3) is 11.8 Å². The fourth-order valence-corrected chi connectivity index (χ4v) is 3.10. The summed E-state index contributed by atoms with van der Waals surface area (Å²) in [5.41, 5.74) is 2.00. The normalized spacial score (nSPS) is 11.8. The third kappa shape index (κ3) is 7.11. The van der Waals surface area contributed by atoms with E-state index in [1.165, 1.54) is 12.1 Å². The average molecular weight is 420 g/mol. The second-order valence-electron chi connectivity index (χ2n) is 6.94. The third-order valence-corrected chi connectivity index (χ3v) is 4.56. The summed E-state index contributed by atoms with van der Waals surface area (Å²) in [5, 5.41) is 2.83. The molecule has 8 heteroatoms. The predicted molar refractivity (Wildman–Crippen MR) is 111 cm³/mol. The third-order valence-electron chi connectivity index (χ3n) is 4.56. The van der Waals surface area contributed by atoms with Gasteiger partial charge in [-0.05, 0) is 56.3 Å². The van der Waals surface area contributed by atoms with Crippen LogP contribution in [0.25, 0.3) is 0 Å². The zero-order valence-corrected chi connectivity index (χ0v) is 17.5. The number of halogens is 2. The van der Waals surface area contributed by atoms with Crippen molar-refractivity contribution in [1.29, 1.82) is 0 Å². The first kappa shape index (κ1) is 23.3. The van der Waals surface area contributed by atoms with Gasteiger partial charge < -0.3 is 19.9 Å². The molecule has 162 valence electrons. The number of nitrogens with zero attached hydrogens (tertiary/aromatic N) is 1. The lowest BCUT2D eigenvalue weighted by Crippen LogP contribution is -3.08. The van der Waals surface area contributed by atoms with Gasteiger partial charge in [0.15, 0.2) is 6.54 Å².